The van der Waals surface area contributed by atoms with Crippen molar-refractivity contribution in [3.8, 4) is 0 Å². The summed E-state index contributed by atoms with van der Waals surface area (Å²) in [6, 6.07) is -0.269. The lowest BCUT2D eigenvalue weighted by Crippen LogP contribution is -2.44. The number of amides is 2. The molecule has 0 aromatic rings. The molecule has 82 valence electrons. The number of nitrogens with one attached hydrogen (secondary N) is 3. The van der Waals surface area contributed by atoms with E-state index < -0.39 is 0 Å². The van der Waals surface area contributed by atoms with Gasteiger partial charge in [0.25, 0.3) is 0 Å². The standard InChI is InChI=1S/C9H19N3O2/c1-4-5-11-8(13)6-12-9(14)7(2)10-3/h7,10H,4-6H2,1-3H3,(H,11,13)(H,12,14). The summed E-state index contributed by atoms with van der Waals surface area (Å²) >= 11 is 0. The van der Waals surface area contributed by atoms with Crippen LogP contribution in [0, 0.1) is 0 Å². The third-order valence-electron chi connectivity index (χ3n) is 1.82. The first-order valence-corrected chi connectivity index (χ1v) is 4.83. The molecule has 0 saturated carbocycles. The van der Waals surface area contributed by atoms with Crippen molar-refractivity contribution in [2.75, 3.05) is 20.1 Å². The Bertz CT molecular complexity index is 194. The zero-order valence-corrected chi connectivity index (χ0v) is 9.02. The quantitative estimate of drug-likeness (QED) is 0.529. The maximum Gasteiger partial charge on any atom is 0.239 e. The van der Waals surface area contributed by atoms with Gasteiger partial charge in [0.1, 0.15) is 0 Å². The molecule has 5 nitrogen and oxygen atoms in total. The van der Waals surface area contributed by atoms with Crippen LogP contribution in [-0.2, 0) is 9.59 Å². The predicted octanol–water partition coefficient (Wildman–Crippen LogP) is -0.763. The molecule has 0 saturated heterocycles. The van der Waals surface area contributed by atoms with Gasteiger partial charge in [-0.25, -0.2) is 0 Å². The molecule has 5 heteroatoms. The average Bonchev–Trinajstić information content (AvgIpc) is 2.21. The zero-order valence-electron chi connectivity index (χ0n) is 9.02. The molecule has 0 aliphatic rings. The lowest BCUT2D eigenvalue weighted by molar-refractivity contribution is -0.126. The van der Waals surface area contributed by atoms with Crippen LogP contribution in [0.2, 0.25) is 0 Å². The predicted molar refractivity (Wildman–Crippen MR) is 54.8 cm³/mol. The highest BCUT2D eigenvalue weighted by molar-refractivity contribution is 5.87. The first-order chi connectivity index (χ1) is 6.61. The summed E-state index contributed by atoms with van der Waals surface area (Å²) in [6.45, 7) is 4.41. The number of carbonyl (C=O) groups is 2. The maximum absolute atomic E-state index is 11.2. The van der Waals surface area contributed by atoms with Crippen LogP contribution in [0.25, 0.3) is 0 Å². The number of likely N-dealkylation sites (N-methyl/N-ethyl adjacent to an activating group) is 1. The van der Waals surface area contributed by atoms with E-state index in [0.717, 1.165) is 6.42 Å². The van der Waals surface area contributed by atoms with E-state index in [-0.39, 0.29) is 24.4 Å². The fraction of sp³-hybridized carbons (Fsp3) is 0.778. The molecule has 0 aromatic heterocycles. The molecule has 0 radical (unpaired) electrons. The third kappa shape index (κ3) is 5.53. The van der Waals surface area contributed by atoms with Crippen molar-refractivity contribution in [3.63, 3.8) is 0 Å². The average molecular weight is 201 g/mol. The van der Waals surface area contributed by atoms with Crippen LogP contribution in [0.4, 0.5) is 0 Å². The van der Waals surface area contributed by atoms with Gasteiger partial charge in [0.05, 0.1) is 12.6 Å². The summed E-state index contributed by atoms with van der Waals surface area (Å²) < 4.78 is 0. The molecule has 0 aromatic carbocycles. The minimum Gasteiger partial charge on any atom is -0.355 e. The van der Waals surface area contributed by atoms with Gasteiger partial charge in [-0.15, -0.1) is 0 Å². The lowest BCUT2D eigenvalue weighted by Gasteiger charge is -2.10. The largest absolute Gasteiger partial charge is 0.355 e. The van der Waals surface area contributed by atoms with Crippen LogP contribution in [0.3, 0.4) is 0 Å². The van der Waals surface area contributed by atoms with Crippen molar-refractivity contribution in [2.24, 2.45) is 0 Å². The number of hydrogen-bond donors (Lipinski definition) is 3. The van der Waals surface area contributed by atoms with Gasteiger partial charge in [-0.1, -0.05) is 6.92 Å². The molecule has 0 spiro atoms. The molecule has 0 heterocycles. The Morgan fingerprint density at radius 1 is 1.29 bits per heavy atom. The summed E-state index contributed by atoms with van der Waals surface area (Å²) in [4.78, 5) is 22.3. The zero-order chi connectivity index (χ0) is 11.0. The normalized spacial score (nSPS) is 11.9. The molecule has 14 heavy (non-hydrogen) atoms. The highest BCUT2D eigenvalue weighted by Crippen LogP contribution is 1.78. The first-order valence-electron chi connectivity index (χ1n) is 4.83. The second-order valence-electron chi connectivity index (χ2n) is 3.08. The van der Waals surface area contributed by atoms with E-state index in [1.165, 1.54) is 0 Å². The van der Waals surface area contributed by atoms with Gasteiger partial charge in [0.2, 0.25) is 11.8 Å². The van der Waals surface area contributed by atoms with Crippen LogP contribution in [0.5, 0.6) is 0 Å². The van der Waals surface area contributed by atoms with E-state index in [1.54, 1.807) is 14.0 Å². The first kappa shape index (κ1) is 12.9. The molecule has 1 atom stereocenters. The molecular formula is C9H19N3O2. The Morgan fingerprint density at radius 3 is 2.43 bits per heavy atom. The summed E-state index contributed by atoms with van der Waals surface area (Å²) in [7, 11) is 1.70. The van der Waals surface area contributed by atoms with Crippen LogP contribution in [0.15, 0.2) is 0 Å². The molecule has 0 fully saturated rings. The fourth-order valence-electron chi connectivity index (χ4n) is 0.779. The van der Waals surface area contributed by atoms with E-state index >= 15 is 0 Å². The topological polar surface area (TPSA) is 70.2 Å². The Balaban J connectivity index is 3.61. The van der Waals surface area contributed by atoms with Crippen LogP contribution in [0.1, 0.15) is 20.3 Å². The molecule has 0 aliphatic heterocycles. The Hall–Kier alpha value is -1.10. The van der Waals surface area contributed by atoms with E-state index in [9.17, 15) is 9.59 Å². The fourth-order valence-corrected chi connectivity index (χ4v) is 0.779. The summed E-state index contributed by atoms with van der Waals surface area (Å²) in [6.07, 6.45) is 0.895. The summed E-state index contributed by atoms with van der Waals surface area (Å²) in [5.41, 5.74) is 0. The lowest BCUT2D eigenvalue weighted by atomic mass is 10.3. The number of hydrogen-bond acceptors (Lipinski definition) is 3. The highest BCUT2D eigenvalue weighted by atomic mass is 16.2. The number of carbonyl (C=O) groups excluding carboxylic acids is 2. The van der Waals surface area contributed by atoms with E-state index in [0.29, 0.717) is 6.54 Å². The maximum atomic E-state index is 11.2. The molecule has 2 amide bonds. The van der Waals surface area contributed by atoms with Gasteiger partial charge >= 0.3 is 0 Å². The van der Waals surface area contributed by atoms with Crippen molar-refractivity contribution < 1.29 is 9.59 Å². The molecule has 1 unspecified atom stereocenters. The van der Waals surface area contributed by atoms with Crippen molar-refractivity contribution in [2.45, 2.75) is 26.3 Å². The second kappa shape index (κ2) is 7.32. The molecular weight excluding hydrogens is 182 g/mol. The van der Waals surface area contributed by atoms with E-state index in [2.05, 4.69) is 16.0 Å². The van der Waals surface area contributed by atoms with Crippen molar-refractivity contribution in [3.05, 3.63) is 0 Å². The van der Waals surface area contributed by atoms with Crippen molar-refractivity contribution in [1.29, 1.82) is 0 Å². The van der Waals surface area contributed by atoms with Gasteiger partial charge < -0.3 is 16.0 Å². The van der Waals surface area contributed by atoms with Crippen LogP contribution in [-0.4, -0.2) is 38.0 Å². The molecule has 3 N–H and O–H groups in total. The highest BCUT2D eigenvalue weighted by Gasteiger charge is 2.10. The monoisotopic (exact) mass is 201 g/mol. The Kier molecular flexibility index (Phi) is 6.74. The van der Waals surface area contributed by atoms with Crippen LogP contribution < -0.4 is 16.0 Å². The molecule has 0 bridgehead atoms. The van der Waals surface area contributed by atoms with Crippen LogP contribution >= 0.6 is 0 Å². The molecule has 0 aliphatic carbocycles. The minimum atomic E-state index is -0.269. The Morgan fingerprint density at radius 2 is 1.93 bits per heavy atom. The Labute approximate surface area is 84.6 Å². The van der Waals surface area contributed by atoms with E-state index in [1.807, 2.05) is 6.92 Å². The SMILES string of the molecule is CCCNC(=O)CNC(=O)C(C)NC. The summed E-state index contributed by atoms with van der Waals surface area (Å²) in [5.74, 6) is -0.317. The van der Waals surface area contributed by atoms with Gasteiger partial charge in [0.15, 0.2) is 0 Å². The minimum absolute atomic E-state index is 0.0465. The van der Waals surface area contributed by atoms with Crippen molar-refractivity contribution >= 4 is 11.8 Å². The number of rotatable bonds is 6. The molecule has 0 rings (SSSR count). The smallest absolute Gasteiger partial charge is 0.239 e. The van der Waals surface area contributed by atoms with Gasteiger partial charge in [0, 0.05) is 6.54 Å². The summed E-state index contributed by atoms with van der Waals surface area (Å²) in [5, 5.41) is 7.99. The van der Waals surface area contributed by atoms with E-state index in [4.69, 9.17) is 0 Å². The van der Waals surface area contributed by atoms with Gasteiger partial charge in [-0.05, 0) is 20.4 Å². The third-order valence-corrected chi connectivity index (χ3v) is 1.82. The van der Waals surface area contributed by atoms with Gasteiger partial charge in [-0.3, -0.25) is 9.59 Å². The second-order valence-corrected chi connectivity index (χ2v) is 3.08. The van der Waals surface area contributed by atoms with Crippen molar-refractivity contribution in [1.82, 2.24) is 16.0 Å². The van der Waals surface area contributed by atoms with Gasteiger partial charge in [-0.2, -0.15) is 0 Å².